The van der Waals surface area contributed by atoms with Gasteiger partial charge in [-0.25, -0.2) is 14.8 Å². The van der Waals surface area contributed by atoms with Crippen molar-refractivity contribution in [2.24, 2.45) is 13.0 Å². The van der Waals surface area contributed by atoms with Gasteiger partial charge in [-0.2, -0.15) is 18.3 Å². The van der Waals surface area contributed by atoms with Gasteiger partial charge in [0.05, 0.1) is 46.1 Å². The van der Waals surface area contributed by atoms with Gasteiger partial charge in [0, 0.05) is 54.8 Å². The number of carboxylic acid groups (broad SMARTS) is 1. The number of ether oxygens (including phenoxy) is 1. The molecule has 2 unspecified atom stereocenters. The van der Waals surface area contributed by atoms with Crippen molar-refractivity contribution >= 4 is 78.7 Å². The second kappa shape index (κ2) is 20.7. The Bertz CT molecular complexity index is 3320. The Morgan fingerprint density at radius 1 is 0.919 bits per heavy atom. The lowest BCUT2D eigenvalue weighted by atomic mass is 9.88. The molecule has 4 aromatic carbocycles. The van der Waals surface area contributed by atoms with Crippen LogP contribution in [0.2, 0.25) is 0 Å². The van der Waals surface area contributed by atoms with Crippen LogP contribution in [0.5, 0.6) is 5.75 Å². The second-order valence-electron chi connectivity index (χ2n) is 19.1. The van der Waals surface area contributed by atoms with Crippen LogP contribution in [0.15, 0.2) is 91.0 Å². The van der Waals surface area contributed by atoms with Crippen molar-refractivity contribution in [3.05, 3.63) is 125 Å². The van der Waals surface area contributed by atoms with Crippen LogP contribution >= 0.6 is 11.3 Å². The predicted molar refractivity (Wildman–Crippen MR) is 273 cm³/mol. The molecule has 4 amide bonds. The molecule has 0 radical (unpaired) electrons. The number of likely N-dealkylation sites (tertiary alicyclic amines) is 1. The van der Waals surface area contributed by atoms with E-state index in [1.807, 2.05) is 53.4 Å². The monoisotopic (exact) mass is 1030 g/mol. The summed E-state index contributed by atoms with van der Waals surface area (Å²) in [7, 11) is 1.77. The number of thiazole rings is 1. The number of alkyl halides is 3. The number of benzene rings is 4. The zero-order valence-corrected chi connectivity index (χ0v) is 41.3. The van der Waals surface area contributed by atoms with Crippen molar-refractivity contribution in [2.75, 3.05) is 41.8 Å². The van der Waals surface area contributed by atoms with E-state index in [2.05, 4.69) is 42.8 Å². The highest BCUT2D eigenvalue weighted by molar-refractivity contribution is 7.22. The molecule has 3 aliphatic rings. The number of halogens is 3. The summed E-state index contributed by atoms with van der Waals surface area (Å²) in [6.45, 7) is 3.78. The van der Waals surface area contributed by atoms with Gasteiger partial charge in [-0.1, -0.05) is 41.7 Å². The summed E-state index contributed by atoms with van der Waals surface area (Å²) in [5.41, 5.74) is 2.68. The fourth-order valence-electron chi connectivity index (χ4n) is 10.5. The zero-order chi connectivity index (χ0) is 51.8. The molecule has 16 nitrogen and oxygen atoms in total. The third kappa shape index (κ3) is 10.5. The molecule has 382 valence electrons. The summed E-state index contributed by atoms with van der Waals surface area (Å²) >= 11 is 1.36. The second-order valence-corrected chi connectivity index (χ2v) is 20.2. The normalized spacial score (nSPS) is 18.3. The molecule has 3 aliphatic heterocycles. The Kier molecular flexibility index (Phi) is 13.9. The molecule has 4 N–H and O–H groups in total. The number of carboxylic acids is 1. The number of nitrogens with zero attached hydrogens (tertiary/aromatic N) is 6. The van der Waals surface area contributed by atoms with Crippen LogP contribution in [0.1, 0.15) is 94.6 Å². The Hall–Kier alpha value is -7.71. The zero-order valence-electron chi connectivity index (χ0n) is 40.5. The van der Waals surface area contributed by atoms with Crippen molar-refractivity contribution in [3.63, 3.8) is 0 Å². The van der Waals surface area contributed by atoms with E-state index in [9.17, 15) is 42.3 Å². The topological polar surface area (TPSA) is 201 Å². The van der Waals surface area contributed by atoms with Gasteiger partial charge in [-0.05, 0) is 135 Å². The van der Waals surface area contributed by atoms with Crippen LogP contribution in [0.4, 0.5) is 29.8 Å². The summed E-state index contributed by atoms with van der Waals surface area (Å²) in [6, 6.07) is 24.9. The Labute approximate surface area is 426 Å². The molecule has 10 rings (SSSR count). The van der Waals surface area contributed by atoms with E-state index in [-0.39, 0.29) is 78.5 Å². The molecule has 6 heterocycles. The minimum Gasteiger partial charge on any atom is -0.494 e. The smallest absolute Gasteiger partial charge is 0.417 e. The number of piperidine rings is 2. The molecule has 7 aromatic rings. The first-order valence-corrected chi connectivity index (χ1v) is 25.3. The maximum atomic E-state index is 14.8. The number of aryl methyl sites for hydroxylation is 1. The molecule has 0 spiro atoms. The molecule has 74 heavy (non-hydrogen) atoms. The number of amides is 4. The molecule has 3 aromatic heterocycles. The average molecular weight is 1030 g/mol. The minimum absolute atomic E-state index is 0.00369. The number of hydrogen-bond donors (Lipinski definition) is 4. The summed E-state index contributed by atoms with van der Waals surface area (Å²) < 4.78 is 52.8. The van der Waals surface area contributed by atoms with E-state index < -0.39 is 29.3 Å². The van der Waals surface area contributed by atoms with Gasteiger partial charge in [-0.15, -0.1) is 0 Å². The van der Waals surface area contributed by atoms with Gasteiger partial charge >= 0.3 is 12.1 Å². The van der Waals surface area contributed by atoms with Crippen LogP contribution in [-0.4, -0.2) is 91.6 Å². The van der Waals surface area contributed by atoms with E-state index >= 15 is 0 Å². The van der Waals surface area contributed by atoms with Gasteiger partial charge in [0.25, 0.3) is 5.91 Å². The number of carbonyl (C=O) groups excluding carboxylic acids is 4. The third-order valence-corrected chi connectivity index (χ3v) is 15.2. The highest BCUT2D eigenvalue weighted by Gasteiger charge is 2.37. The fourth-order valence-corrected chi connectivity index (χ4v) is 11.4. The average Bonchev–Trinajstić information content (AvgIpc) is 3.94. The number of nitrogens with one attached hydrogen (secondary N) is 3. The van der Waals surface area contributed by atoms with Crippen LogP contribution in [0, 0.1) is 5.92 Å². The van der Waals surface area contributed by atoms with Gasteiger partial charge in [-0.3, -0.25) is 39.4 Å². The number of imide groups is 1. The highest BCUT2D eigenvalue weighted by Crippen LogP contribution is 2.41. The molecule has 0 aliphatic carbocycles. The number of para-hydroxylation sites is 1. The number of anilines is 3. The number of carbonyl (C=O) groups is 5. The SMILES string of the molecule is C[C@H]1CC(CCCOc2ccc(-c3ccc(N4CCc5cccc(C(=O)Nc6nc7ccccc7s6)c5C4)nc3C(=O)O)c(C(F)(F)F)c2)CCN1CC(=O)Nc1ccc2c(C3CCC(=O)NC3=O)nn(C)c2c1. The van der Waals surface area contributed by atoms with Crippen LogP contribution in [0.3, 0.4) is 0 Å². The molecular formula is C54H52F3N9O7S. The Balaban J connectivity index is 0.733. The lowest BCUT2D eigenvalue weighted by Gasteiger charge is -2.37. The number of aromatic carboxylic acids is 1. The number of aromatic nitrogens is 4. The number of fused-ring (bicyclic) bond motifs is 3. The lowest BCUT2D eigenvalue weighted by Crippen LogP contribution is -2.44. The lowest BCUT2D eigenvalue weighted by molar-refractivity contribution is -0.137. The van der Waals surface area contributed by atoms with Crippen molar-refractivity contribution < 1.29 is 47.0 Å². The number of pyridine rings is 1. The Morgan fingerprint density at radius 2 is 1.74 bits per heavy atom. The van der Waals surface area contributed by atoms with E-state index in [1.54, 1.807) is 23.9 Å². The van der Waals surface area contributed by atoms with Gasteiger partial charge in [0.2, 0.25) is 17.7 Å². The first-order valence-electron chi connectivity index (χ1n) is 24.5. The van der Waals surface area contributed by atoms with Gasteiger partial charge in [0.1, 0.15) is 11.6 Å². The first-order chi connectivity index (χ1) is 35.6. The van der Waals surface area contributed by atoms with Gasteiger partial charge < -0.3 is 20.1 Å². The summed E-state index contributed by atoms with van der Waals surface area (Å²) in [5, 5.41) is 24.4. The quantitative estimate of drug-likeness (QED) is 0.0596. The largest absolute Gasteiger partial charge is 0.494 e. The predicted octanol–water partition coefficient (Wildman–Crippen LogP) is 9.20. The van der Waals surface area contributed by atoms with E-state index in [0.717, 1.165) is 57.6 Å². The van der Waals surface area contributed by atoms with Crippen LogP contribution in [-0.2, 0) is 40.6 Å². The Morgan fingerprint density at radius 3 is 2.53 bits per heavy atom. The molecule has 0 bridgehead atoms. The van der Waals surface area contributed by atoms with Gasteiger partial charge in [0.15, 0.2) is 10.8 Å². The molecule has 0 saturated carbocycles. The van der Waals surface area contributed by atoms with Crippen molar-refractivity contribution in [1.29, 1.82) is 0 Å². The molecule has 2 fully saturated rings. The van der Waals surface area contributed by atoms with Crippen molar-refractivity contribution in [1.82, 2.24) is 30.0 Å². The van der Waals surface area contributed by atoms with E-state index in [4.69, 9.17) is 4.74 Å². The third-order valence-electron chi connectivity index (χ3n) is 14.3. The minimum atomic E-state index is -4.85. The van der Waals surface area contributed by atoms with E-state index in [0.29, 0.717) is 60.3 Å². The highest BCUT2D eigenvalue weighted by atomic mass is 32.1. The maximum Gasteiger partial charge on any atom is 0.417 e. The summed E-state index contributed by atoms with van der Waals surface area (Å²) in [6.07, 6.45) is -0.661. The summed E-state index contributed by atoms with van der Waals surface area (Å²) in [4.78, 5) is 76.6. The van der Waals surface area contributed by atoms with Crippen LogP contribution in [0.25, 0.3) is 32.2 Å². The standard InChI is InChI=1S/C54H52F3N9O7S/c1-30-25-31(20-22-65(30)29-47(68)58-33-12-14-38-43(26-33)64(2)63-48(38)39-17-19-46(67)61-51(39)70)7-6-24-73-34-13-15-35(41(27-34)54(55,56)57)36-16-18-45(60-49(36)52(71)72)66-23-21-32-8-5-9-37(40(32)28-66)50(69)62-53-59-42-10-3-4-11-44(42)74-53/h3-5,8-16,18,26-27,30-31,39H,6-7,17,19-25,28-29H2,1-2H3,(H,58,68)(H,71,72)(H,59,62,69)(H,61,67,70)/t30-,31?,39?/m0/s1. The first kappa shape index (κ1) is 49.9. The molecule has 20 heteroatoms. The molecular weight excluding hydrogens is 976 g/mol. The maximum absolute atomic E-state index is 14.8. The number of rotatable bonds is 14. The van der Waals surface area contributed by atoms with Crippen molar-refractivity contribution in [3.8, 4) is 16.9 Å². The number of hydrogen-bond acceptors (Lipinski definition) is 12. The van der Waals surface area contributed by atoms with E-state index in [1.165, 1.54) is 35.6 Å². The summed E-state index contributed by atoms with van der Waals surface area (Å²) in [5.74, 6) is -2.62. The van der Waals surface area contributed by atoms with Crippen LogP contribution < -0.4 is 25.6 Å². The molecule has 2 saturated heterocycles. The van der Waals surface area contributed by atoms with Crippen molar-refractivity contribution in [2.45, 2.75) is 76.6 Å². The molecule has 3 atom stereocenters. The fraction of sp³-hybridized carbons (Fsp3) is 0.333.